The first-order valence-corrected chi connectivity index (χ1v) is 4.96. The molecule has 0 unspecified atom stereocenters. The number of ether oxygens (including phenoxy) is 1. The van der Waals surface area contributed by atoms with Crippen molar-refractivity contribution < 1.29 is 19.1 Å². The molecule has 0 fully saturated rings. The quantitative estimate of drug-likeness (QED) is 0.769. The van der Waals surface area contributed by atoms with Gasteiger partial charge in [-0.25, -0.2) is 4.79 Å². The summed E-state index contributed by atoms with van der Waals surface area (Å²) in [4.78, 5) is 24.4. The molecule has 8 heteroatoms. The van der Waals surface area contributed by atoms with E-state index < -0.39 is 12.6 Å². The summed E-state index contributed by atoms with van der Waals surface area (Å²) in [5.74, 6) is -0.922. The van der Waals surface area contributed by atoms with Crippen LogP contribution in [0.3, 0.4) is 0 Å². The Hall–Kier alpha value is -2.48. The monoisotopic (exact) mass is 251 g/mol. The number of nitrogens with one attached hydrogen (secondary N) is 1. The highest BCUT2D eigenvalue weighted by atomic mass is 16.5. The normalized spacial score (nSPS) is 10.4. The predicted molar refractivity (Wildman–Crippen MR) is 57.6 cm³/mol. The lowest BCUT2D eigenvalue weighted by molar-refractivity contribution is -0.142. The van der Waals surface area contributed by atoms with Gasteiger partial charge in [0, 0.05) is 18.5 Å². The first-order chi connectivity index (χ1) is 8.66. The number of pyridine rings is 1. The highest BCUT2D eigenvalue weighted by molar-refractivity contribution is 5.67. The zero-order valence-electron chi connectivity index (χ0n) is 9.12. The number of aromatic amines is 1. The second-order valence-electron chi connectivity index (χ2n) is 3.31. The van der Waals surface area contributed by atoms with Crippen LogP contribution in [-0.4, -0.2) is 32.9 Å². The van der Waals surface area contributed by atoms with Gasteiger partial charge in [-0.05, 0) is 0 Å². The van der Waals surface area contributed by atoms with Gasteiger partial charge in [0.05, 0.1) is 0 Å². The van der Waals surface area contributed by atoms with Crippen molar-refractivity contribution in [1.29, 1.82) is 0 Å². The minimum absolute atomic E-state index is 0.0609. The molecule has 0 radical (unpaired) electrons. The zero-order chi connectivity index (χ0) is 13.0. The smallest absolute Gasteiger partial charge is 0.329 e. The number of rotatable bonds is 5. The Morgan fingerprint density at radius 1 is 1.50 bits per heavy atom. The Morgan fingerprint density at radius 3 is 3.06 bits per heavy atom. The van der Waals surface area contributed by atoms with Crippen molar-refractivity contribution in [3.63, 3.8) is 0 Å². The summed E-state index contributed by atoms with van der Waals surface area (Å²) in [5.41, 5.74) is -0.00936. The van der Waals surface area contributed by atoms with E-state index in [1.54, 1.807) is 0 Å². The van der Waals surface area contributed by atoms with E-state index in [0.29, 0.717) is 0 Å². The fourth-order valence-electron chi connectivity index (χ4n) is 1.23. The van der Waals surface area contributed by atoms with E-state index >= 15 is 0 Å². The van der Waals surface area contributed by atoms with Gasteiger partial charge in [-0.1, -0.05) is 0 Å². The summed E-state index contributed by atoms with van der Waals surface area (Å²) in [7, 11) is 0. The molecular formula is C10H9N3O5. The number of aliphatic carboxylic acids is 1. The molecule has 2 N–H and O–H groups in total. The Kier molecular flexibility index (Phi) is 3.49. The first-order valence-electron chi connectivity index (χ1n) is 4.96. The summed E-state index contributed by atoms with van der Waals surface area (Å²) in [5, 5.41) is 15.7. The van der Waals surface area contributed by atoms with Gasteiger partial charge in [0.15, 0.2) is 5.43 Å². The number of aromatic nitrogens is 3. The van der Waals surface area contributed by atoms with Crippen LogP contribution in [0.2, 0.25) is 0 Å². The van der Waals surface area contributed by atoms with Crippen molar-refractivity contribution in [3.8, 4) is 11.5 Å². The Bertz CT molecular complexity index is 603. The van der Waals surface area contributed by atoms with Crippen molar-refractivity contribution in [1.82, 2.24) is 15.2 Å². The number of hydrogen-bond acceptors (Lipinski definition) is 6. The Labute approximate surface area is 100 Å². The lowest BCUT2D eigenvalue weighted by atomic mass is 10.3. The van der Waals surface area contributed by atoms with Gasteiger partial charge in [-0.2, -0.15) is 0 Å². The summed E-state index contributed by atoms with van der Waals surface area (Å²) < 4.78 is 9.95. The molecule has 8 nitrogen and oxygen atoms in total. The molecule has 18 heavy (non-hydrogen) atoms. The molecule has 2 aromatic heterocycles. The van der Waals surface area contributed by atoms with Gasteiger partial charge < -0.3 is 19.2 Å². The average Bonchev–Trinajstić information content (AvgIpc) is 2.78. The van der Waals surface area contributed by atoms with Gasteiger partial charge in [0.25, 0.3) is 5.89 Å². The summed E-state index contributed by atoms with van der Waals surface area (Å²) in [6, 6.07) is 1.33. The van der Waals surface area contributed by atoms with Crippen molar-refractivity contribution >= 4 is 5.97 Å². The number of H-pyrrole nitrogens is 1. The maximum atomic E-state index is 11.5. The first kappa shape index (κ1) is 12.0. The van der Waals surface area contributed by atoms with Crippen molar-refractivity contribution in [3.05, 3.63) is 34.6 Å². The molecular weight excluding hydrogens is 242 g/mol. The van der Waals surface area contributed by atoms with Crippen LogP contribution in [0.15, 0.2) is 27.7 Å². The lowest BCUT2D eigenvalue weighted by Gasteiger charge is -1.95. The number of carbonyl (C=O) groups is 1. The fourth-order valence-corrected chi connectivity index (χ4v) is 1.23. The van der Waals surface area contributed by atoms with E-state index in [1.807, 2.05) is 0 Å². The molecule has 0 saturated carbocycles. The van der Waals surface area contributed by atoms with Gasteiger partial charge in [0.2, 0.25) is 5.89 Å². The molecule has 2 rings (SSSR count). The molecule has 0 spiro atoms. The van der Waals surface area contributed by atoms with Crippen molar-refractivity contribution in [2.45, 2.75) is 6.61 Å². The van der Waals surface area contributed by atoms with Crippen molar-refractivity contribution in [2.75, 3.05) is 6.61 Å². The lowest BCUT2D eigenvalue weighted by Crippen LogP contribution is -2.06. The van der Waals surface area contributed by atoms with Crippen LogP contribution in [0.1, 0.15) is 5.89 Å². The van der Waals surface area contributed by atoms with Crippen LogP contribution in [0.4, 0.5) is 0 Å². The highest BCUT2D eigenvalue weighted by Crippen LogP contribution is 2.12. The molecule has 0 aromatic carbocycles. The molecule has 2 aromatic rings. The molecule has 0 aliphatic heterocycles. The standard InChI is InChI=1S/C10H9N3O5/c14-7-1-2-11-3-6(7)10-13-12-8(18-10)4-17-5-9(15)16/h1-3H,4-5H2,(H,11,14)(H,15,16). The molecule has 0 amide bonds. The van der Waals surface area contributed by atoms with E-state index in [2.05, 4.69) is 15.2 Å². The second-order valence-corrected chi connectivity index (χ2v) is 3.31. The molecule has 0 atom stereocenters. The zero-order valence-corrected chi connectivity index (χ0v) is 9.12. The SMILES string of the molecule is O=C(O)COCc1nnc(-c2c[nH]ccc2=O)o1. The van der Waals surface area contributed by atoms with E-state index in [4.69, 9.17) is 14.3 Å². The van der Waals surface area contributed by atoms with E-state index in [-0.39, 0.29) is 29.4 Å². The minimum atomic E-state index is -1.09. The van der Waals surface area contributed by atoms with Crippen LogP contribution in [0.25, 0.3) is 11.5 Å². The number of carboxylic acids is 1. The number of nitrogens with zero attached hydrogens (tertiary/aromatic N) is 2. The summed E-state index contributed by atoms with van der Waals surface area (Å²) in [6.07, 6.45) is 2.93. The van der Waals surface area contributed by atoms with Crippen molar-refractivity contribution in [2.24, 2.45) is 0 Å². The van der Waals surface area contributed by atoms with E-state index in [0.717, 1.165) is 0 Å². The van der Waals surface area contributed by atoms with Crippen LogP contribution in [-0.2, 0) is 16.1 Å². The largest absolute Gasteiger partial charge is 0.480 e. The van der Waals surface area contributed by atoms with E-state index in [9.17, 15) is 9.59 Å². The van der Waals surface area contributed by atoms with Crippen LogP contribution >= 0.6 is 0 Å². The van der Waals surface area contributed by atoms with Crippen LogP contribution < -0.4 is 5.43 Å². The third-order valence-corrected chi connectivity index (χ3v) is 1.97. The third-order valence-electron chi connectivity index (χ3n) is 1.97. The molecule has 2 heterocycles. The molecule has 94 valence electrons. The van der Waals surface area contributed by atoms with E-state index in [1.165, 1.54) is 18.5 Å². The van der Waals surface area contributed by atoms with Crippen LogP contribution in [0.5, 0.6) is 0 Å². The summed E-state index contributed by atoms with van der Waals surface area (Å²) >= 11 is 0. The Morgan fingerprint density at radius 2 is 2.33 bits per heavy atom. The van der Waals surface area contributed by atoms with Crippen LogP contribution in [0, 0.1) is 0 Å². The molecule has 0 saturated heterocycles. The van der Waals surface area contributed by atoms with Gasteiger partial charge in [-0.15, -0.1) is 10.2 Å². The molecule has 0 aliphatic rings. The minimum Gasteiger partial charge on any atom is -0.480 e. The topological polar surface area (TPSA) is 118 Å². The van der Waals surface area contributed by atoms with Gasteiger partial charge >= 0.3 is 5.97 Å². The molecule has 0 aliphatic carbocycles. The summed E-state index contributed by atoms with van der Waals surface area (Å²) in [6.45, 7) is -0.576. The Balaban J connectivity index is 2.09. The average molecular weight is 251 g/mol. The van der Waals surface area contributed by atoms with Gasteiger partial charge in [0.1, 0.15) is 18.8 Å². The molecule has 0 bridgehead atoms. The predicted octanol–water partition coefficient (Wildman–Crippen LogP) is 0.0261. The second kappa shape index (κ2) is 5.23. The maximum absolute atomic E-state index is 11.5. The highest BCUT2D eigenvalue weighted by Gasteiger charge is 2.11. The third kappa shape index (κ3) is 2.80. The van der Waals surface area contributed by atoms with Gasteiger partial charge in [-0.3, -0.25) is 4.79 Å². The number of hydrogen-bond donors (Lipinski definition) is 2. The fraction of sp³-hybridized carbons (Fsp3) is 0.200. The maximum Gasteiger partial charge on any atom is 0.329 e. The number of carboxylic acid groups (broad SMARTS) is 1.